The summed E-state index contributed by atoms with van der Waals surface area (Å²) >= 11 is 3.49. The summed E-state index contributed by atoms with van der Waals surface area (Å²) in [4.78, 5) is 30.7. The van der Waals surface area contributed by atoms with Crippen LogP contribution in [0.2, 0.25) is 0 Å². The van der Waals surface area contributed by atoms with Gasteiger partial charge in [-0.15, -0.1) is 0 Å². The molecule has 2 aromatic heterocycles. The first-order valence-electron chi connectivity index (χ1n) is 11.6. The minimum Gasteiger partial charge on any atom is -0.369 e. The Bertz CT molecular complexity index is 1460. The molecule has 0 N–H and O–H groups in total. The van der Waals surface area contributed by atoms with Gasteiger partial charge in [-0.05, 0) is 59.8 Å². The first-order chi connectivity index (χ1) is 16.1. The van der Waals surface area contributed by atoms with Crippen LogP contribution < -0.4 is 10.5 Å². The number of imidazole rings is 1. The molecule has 6 rings (SSSR count). The number of hydrogen-bond donors (Lipinski definition) is 0. The summed E-state index contributed by atoms with van der Waals surface area (Å²) in [6, 6.07) is 9.35. The van der Waals surface area contributed by atoms with Crippen molar-refractivity contribution >= 4 is 55.6 Å². The fourth-order valence-corrected chi connectivity index (χ4v) is 6.20. The number of benzene rings is 2. The van der Waals surface area contributed by atoms with Crippen molar-refractivity contribution in [2.45, 2.75) is 44.6 Å². The van der Waals surface area contributed by atoms with E-state index in [9.17, 15) is 9.59 Å². The fraction of sp³-hybridized carbons (Fsp3) is 0.400. The molecule has 0 bridgehead atoms. The van der Waals surface area contributed by atoms with Gasteiger partial charge in [0, 0.05) is 35.6 Å². The molecule has 2 aliphatic rings. The smallest absolute Gasteiger partial charge is 0.283 e. The predicted octanol–water partition coefficient (Wildman–Crippen LogP) is 5.23. The van der Waals surface area contributed by atoms with E-state index < -0.39 is 0 Å². The molecule has 1 aliphatic heterocycles. The zero-order chi connectivity index (χ0) is 22.7. The van der Waals surface area contributed by atoms with E-state index in [1.54, 1.807) is 6.07 Å². The van der Waals surface area contributed by atoms with Gasteiger partial charge in [0.1, 0.15) is 12.1 Å². The molecule has 33 heavy (non-hydrogen) atoms. The van der Waals surface area contributed by atoms with Gasteiger partial charge in [0.15, 0.2) is 0 Å². The molecule has 170 valence electrons. The highest BCUT2D eigenvalue weighted by molar-refractivity contribution is 9.10. The molecule has 3 heterocycles. The Kier molecular flexibility index (Phi) is 5.01. The van der Waals surface area contributed by atoms with Gasteiger partial charge in [-0.1, -0.05) is 18.9 Å². The Hall–Kier alpha value is -2.74. The molecule has 1 aliphatic carbocycles. The summed E-state index contributed by atoms with van der Waals surface area (Å²) in [5.41, 5.74) is 2.62. The number of rotatable bonds is 3. The molecule has 0 atom stereocenters. The van der Waals surface area contributed by atoms with E-state index >= 15 is 4.39 Å². The van der Waals surface area contributed by atoms with Gasteiger partial charge in [0.25, 0.3) is 5.56 Å². The summed E-state index contributed by atoms with van der Waals surface area (Å²) in [5.74, 6) is 0.334. The van der Waals surface area contributed by atoms with Gasteiger partial charge in [-0.3, -0.25) is 9.20 Å². The van der Waals surface area contributed by atoms with Crippen LogP contribution >= 0.6 is 15.9 Å². The number of halogens is 2. The van der Waals surface area contributed by atoms with Crippen molar-refractivity contribution < 1.29 is 9.18 Å². The fourth-order valence-electron chi connectivity index (χ4n) is 5.68. The maximum atomic E-state index is 15.5. The van der Waals surface area contributed by atoms with Crippen LogP contribution in [0.25, 0.3) is 27.7 Å². The van der Waals surface area contributed by atoms with Crippen molar-refractivity contribution in [3.63, 3.8) is 0 Å². The van der Waals surface area contributed by atoms with Crippen molar-refractivity contribution in [3.05, 3.63) is 51.0 Å². The summed E-state index contributed by atoms with van der Waals surface area (Å²) < 4.78 is 20.3. The van der Waals surface area contributed by atoms with Crippen LogP contribution in [-0.4, -0.2) is 33.3 Å². The second-order valence-corrected chi connectivity index (χ2v) is 10.1. The predicted molar refractivity (Wildman–Crippen MR) is 131 cm³/mol. The number of aromatic nitrogens is 3. The Labute approximate surface area is 198 Å². The first kappa shape index (κ1) is 20.8. The molecule has 2 aromatic carbocycles. The molecule has 0 amide bonds. The number of piperidine rings is 1. The molecular formula is C25H24BrFN4O2. The third-order valence-corrected chi connectivity index (χ3v) is 8.03. The number of fused-ring (bicyclic) bond motifs is 5. The van der Waals surface area contributed by atoms with Crippen LogP contribution in [0.4, 0.5) is 10.1 Å². The Morgan fingerprint density at radius 2 is 1.79 bits per heavy atom. The maximum absolute atomic E-state index is 15.5. The van der Waals surface area contributed by atoms with E-state index in [-0.39, 0.29) is 23.3 Å². The molecular weight excluding hydrogens is 487 g/mol. The van der Waals surface area contributed by atoms with Gasteiger partial charge < -0.3 is 14.3 Å². The van der Waals surface area contributed by atoms with Crippen LogP contribution in [0.5, 0.6) is 0 Å². The molecule has 1 saturated heterocycles. The van der Waals surface area contributed by atoms with Crippen molar-refractivity contribution in [1.29, 1.82) is 0 Å². The number of aldehydes is 1. The zero-order valence-electron chi connectivity index (χ0n) is 18.1. The third kappa shape index (κ3) is 3.21. The topological polar surface area (TPSA) is 59.6 Å². The van der Waals surface area contributed by atoms with Crippen molar-refractivity contribution in [1.82, 2.24) is 14.0 Å². The number of carbonyl (C=O) groups excluding carboxylic acids is 1. The third-order valence-electron chi connectivity index (χ3n) is 7.37. The van der Waals surface area contributed by atoms with Crippen LogP contribution in [-0.2, 0) is 4.79 Å². The van der Waals surface area contributed by atoms with Gasteiger partial charge in [-0.25, -0.2) is 4.39 Å². The quantitative estimate of drug-likeness (QED) is 0.354. The second-order valence-electron chi connectivity index (χ2n) is 9.25. The lowest BCUT2D eigenvalue weighted by Gasteiger charge is -2.32. The molecule has 0 spiro atoms. The highest BCUT2D eigenvalue weighted by atomic mass is 79.9. The van der Waals surface area contributed by atoms with Gasteiger partial charge in [0.2, 0.25) is 5.78 Å². The summed E-state index contributed by atoms with van der Waals surface area (Å²) in [5, 5.41) is 0.501. The van der Waals surface area contributed by atoms with E-state index in [4.69, 9.17) is 0 Å². The van der Waals surface area contributed by atoms with Crippen molar-refractivity contribution in [2.24, 2.45) is 5.92 Å². The molecule has 6 nitrogen and oxygen atoms in total. The minimum absolute atomic E-state index is 0.0537. The molecule has 0 radical (unpaired) electrons. The van der Waals surface area contributed by atoms with E-state index in [0.29, 0.717) is 34.4 Å². The maximum Gasteiger partial charge on any atom is 0.283 e. The number of nitrogens with zero attached hydrogens (tertiary/aromatic N) is 4. The largest absolute Gasteiger partial charge is 0.369 e. The summed E-state index contributed by atoms with van der Waals surface area (Å²) in [7, 11) is 0. The van der Waals surface area contributed by atoms with Crippen molar-refractivity contribution in [3.8, 4) is 0 Å². The minimum atomic E-state index is -0.292. The van der Waals surface area contributed by atoms with E-state index in [2.05, 4.69) is 25.5 Å². The highest BCUT2D eigenvalue weighted by Crippen LogP contribution is 2.38. The highest BCUT2D eigenvalue weighted by Gasteiger charge is 2.27. The Balaban J connectivity index is 1.65. The normalized spacial score (nSPS) is 18.2. The molecule has 1 saturated carbocycles. The average Bonchev–Trinajstić information content (AvgIpc) is 3.44. The number of anilines is 1. The Morgan fingerprint density at radius 3 is 2.52 bits per heavy atom. The number of hydrogen-bond acceptors (Lipinski definition) is 4. The van der Waals surface area contributed by atoms with Gasteiger partial charge >= 0.3 is 0 Å². The molecule has 8 heteroatoms. The van der Waals surface area contributed by atoms with Crippen LogP contribution in [0.3, 0.4) is 0 Å². The summed E-state index contributed by atoms with van der Waals surface area (Å²) in [6.07, 6.45) is 6.79. The van der Waals surface area contributed by atoms with E-state index in [0.717, 1.165) is 61.4 Å². The second kappa shape index (κ2) is 7.94. The van der Waals surface area contributed by atoms with Crippen LogP contribution in [0, 0.1) is 11.7 Å². The standard InChI is InChI=1S/C25H24BrFN4O2/c26-17-6-3-7-19-23(17)24(33)28-25-30(16-4-1-2-5-16)22-13-20(18(27)12-21(22)31(19)25)29-10-8-15(14-32)9-11-29/h3,6-7,12-16H,1-2,4-5,8-11H2. The van der Waals surface area contributed by atoms with Crippen LogP contribution in [0.1, 0.15) is 44.6 Å². The van der Waals surface area contributed by atoms with E-state index in [1.807, 2.05) is 33.6 Å². The monoisotopic (exact) mass is 510 g/mol. The zero-order valence-corrected chi connectivity index (χ0v) is 19.7. The van der Waals surface area contributed by atoms with Crippen LogP contribution in [0.15, 0.2) is 39.6 Å². The van der Waals surface area contributed by atoms with E-state index in [1.165, 1.54) is 0 Å². The molecule has 0 unspecified atom stereocenters. The lowest BCUT2D eigenvalue weighted by Crippen LogP contribution is -2.34. The first-order valence-corrected chi connectivity index (χ1v) is 12.4. The lowest BCUT2D eigenvalue weighted by atomic mass is 9.98. The van der Waals surface area contributed by atoms with Gasteiger partial charge in [-0.2, -0.15) is 4.98 Å². The SMILES string of the molecule is O=CC1CCN(c2cc3c(cc2F)n2c4cccc(Br)c4c(=O)nc2n3C2CCCC2)CC1. The average molecular weight is 511 g/mol. The van der Waals surface area contributed by atoms with Gasteiger partial charge in [0.05, 0.1) is 27.6 Å². The van der Waals surface area contributed by atoms with Crippen molar-refractivity contribution in [2.75, 3.05) is 18.0 Å². The summed E-state index contributed by atoms with van der Waals surface area (Å²) in [6.45, 7) is 1.31. The molecule has 2 fully saturated rings. The molecule has 4 aromatic rings. The number of carbonyl (C=O) groups is 1. The lowest BCUT2D eigenvalue weighted by molar-refractivity contribution is -0.111. The Morgan fingerprint density at radius 1 is 1.03 bits per heavy atom.